The second kappa shape index (κ2) is 29.9. The number of allylic oxidation sites excluding steroid dienone is 1. The van der Waals surface area contributed by atoms with Crippen LogP contribution in [0.1, 0.15) is 195 Å². The first-order chi connectivity index (χ1) is 17.3. The summed E-state index contributed by atoms with van der Waals surface area (Å²) in [5, 5.41) is 0. The maximum Gasteiger partial charge on any atom is 0.0613 e. The van der Waals surface area contributed by atoms with Gasteiger partial charge in [0, 0.05) is 0 Å². The number of hydrogen-bond donors (Lipinski definition) is 0. The molecule has 1 nitrogen and oxygen atoms in total. The predicted molar refractivity (Wildman–Crippen MR) is 161 cm³/mol. The van der Waals surface area contributed by atoms with Gasteiger partial charge >= 0.3 is 0 Å². The van der Waals surface area contributed by atoms with E-state index in [1.165, 1.54) is 161 Å². The van der Waals surface area contributed by atoms with Gasteiger partial charge in [-0.1, -0.05) is 168 Å². The van der Waals surface area contributed by atoms with Crippen LogP contribution in [0.15, 0.2) is 12.2 Å². The molecule has 0 aliphatic rings. The van der Waals surface area contributed by atoms with Crippen LogP contribution in [0.25, 0.3) is 0 Å². The van der Waals surface area contributed by atoms with E-state index in [9.17, 15) is 0 Å². The highest BCUT2D eigenvalue weighted by Crippen LogP contribution is 2.22. The molecule has 0 aromatic carbocycles. The number of hydrogen-bond acceptors (Lipinski definition) is 1. The molecule has 0 rings (SSSR count). The zero-order chi connectivity index (χ0) is 25.7. The highest BCUT2D eigenvalue weighted by Gasteiger charge is 2.16. The van der Waals surface area contributed by atoms with Gasteiger partial charge in [-0.2, -0.15) is 0 Å². The molecule has 0 aliphatic carbocycles. The van der Waals surface area contributed by atoms with Crippen molar-refractivity contribution >= 4 is 0 Å². The summed E-state index contributed by atoms with van der Waals surface area (Å²) in [5.41, 5.74) is 0. The molecule has 0 aliphatic heterocycles. The summed E-state index contributed by atoms with van der Waals surface area (Å²) in [6.45, 7) is 9.23. The van der Waals surface area contributed by atoms with Gasteiger partial charge in [-0.15, -0.1) is 0 Å². The molecule has 0 saturated carbocycles. The van der Waals surface area contributed by atoms with Crippen molar-refractivity contribution in [1.29, 1.82) is 0 Å². The fraction of sp³-hybridized carbons (Fsp3) is 0.941. The van der Waals surface area contributed by atoms with Crippen molar-refractivity contribution in [2.45, 2.75) is 207 Å². The molecule has 0 fully saturated rings. The number of rotatable bonds is 29. The molecule has 0 saturated heterocycles. The molecule has 1 unspecified atom stereocenters. The minimum Gasteiger partial charge on any atom is -0.375 e. The Labute approximate surface area is 223 Å². The molecule has 0 amide bonds. The molecule has 35 heavy (non-hydrogen) atoms. The molecular weight excluding hydrogens is 424 g/mol. The van der Waals surface area contributed by atoms with Gasteiger partial charge in [-0.05, 0) is 38.5 Å². The summed E-state index contributed by atoms with van der Waals surface area (Å²) >= 11 is 0. The normalized spacial score (nSPS) is 12.8. The Bertz CT molecular complexity index is 385. The lowest BCUT2D eigenvalue weighted by atomic mass is 10.0. The second-order valence-corrected chi connectivity index (χ2v) is 11.3. The molecule has 0 aromatic heterocycles. The van der Waals surface area contributed by atoms with Crippen LogP contribution in [0.3, 0.4) is 0 Å². The first kappa shape index (κ1) is 34.7. The molecule has 1 atom stereocenters. The molecule has 0 radical (unpaired) electrons. The molecule has 0 heterocycles. The van der Waals surface area contributed by atoms with Crippen molar-refractivity contribution in [3.05, 3.63) is 12.2 Å². The zero-order valence-electron chi connectivity index (χ0n) is 25.1. The summed E-state index contributed by atoms with van der Waals surface area (Å²) in [6, 6.07) is 0. The van der Waals surface area contributed by atoms with Crippen molar-refractivity contribution in [3.63, 3.8) is 0 Å². The van der Waals surface area contributed by atoms with Gasteiger partial charge in [0.15, 0.2) is 0 Å². The Morgan fingerprint density at radius 1 is 0.400 bits per heavy atom. The molecule has 210 valence electrons. The van der Waals surface area contributed by atoms with E-state index in [2.05, 4.69) is 39.8 Å². The lowest BCUT2D eigenvalue weighted by Gasteiger charge is -2.25. The van der Waals surface area contributed by atoms with E-state index in [4.69, 9.17) is 4.74 Å². The Balaban J connectivity index is 4.66. The molecule has 0 aromatic rings. The van der Waals surface area contributed by atoms with E-state index in [1.807, 2.05) is 0 Å². The molecule has 0 N–H and O–H groups in total. The van der Waals surface area contributed by atoms with E-state index in [1.54, 1.807) is 0 Å². The Morgan fingerprint density at radius 3 is 1.23 bits per heavy atom. The molecule has 0 spiro atoms. The van der Waals surface area contributed by atoms with Crippen LogP contribution < -0.4 is 0 Å². The smallest absolute Gasteiger partial charge is 0.0613 e. The van der Waals surface area contributed by atoms with Crippen molar-refractivity contribution in [1.82, 2.24) is 0 Å². The maximum absolute atomic E-state index is 6.91. The van der Waals surface area contributed by atoms with Crippen LogP contribution in [-0.4, -0.2) is 12.2 Å². The van der Waals surface area contributed by atoms with Gasteiger partial charge < -0.3 is 4.74 Å². The first-order valence-corrected chi connectivity index (χ1v) is 16.6. The lowest BCUT2D eigenvalue weighted by Crippen LogP contribution is -2.22. The Hall–Kier alpha value is -0.300. The first-order valence-electron chi connectivity index (χ1n) is 16.6. The van der Waals surface area contributed by atoms with E-state index < -0.39 is 0 Å². The summed E-state index contributed by atoms with van der Waals surface area (Å²) in [4.78, 5) is 0. The minimum atomic E-state index is 0.439. The summed E-state index contributed by atoms with van der Waals surface area (Å²) < 4.78 is 6.91. The van der Waals surface area contributed by atoms with E-state index in [0.29, 0.717) is 12.2 Å². The van der Waals surface area contributed by atoms with Crippen LogP contribution in [-0.2, 0) is 4.74 Å². The Kier molecular flexibility index (Phi) is 29.7. The minimum absolute atomic E-state index is 0.439. The standard InChI is InChI=1S/C34H68O/c1-5-9-13-17-21-25-29-33(30-26-22-18-14-10-6-2)35-34(31-27-23-19-15-11-7-3)32-28-24-20-16-12-8-4/h21,25,33-34H,5-20,22-24,26-32H2,1-4H3/b25-21+. The van der Waals surface area contributed by atoms with Crippen molar-refractivity contribution < 1.29 is 4.74 Å². The van der Waals surface area contributed by atoms with Crippen molar-refractivity contribution in [3.8, 4) is 0 Å². The van der Waals surface area contributed by atoms with Crippen LogP contribution in [0.5, 0.6) is 0 Å². The Morgan fingerprint density at radius 2 is 0.771 bits per heavy atom. The number of unbranched alkanes of at least 4 members (excludes halogenated alkanes) is 18. The SMILES string of the molecule is CCCCC/C=C/CC(CCCCCCCC)OC(CCCCCCCC)CCCCCCCC. The summed E-state index contributed by atoms with van der Waals surface area (Å²) in [7, 11) is 0. The highest BCUT2D eigenvalue weighted by molar-refractivity contribution is 4.85. The van der Waals surface area contributed by atoms with Gasteiger partial charge in [-0.3, -0.25) is 0 Å². The fourth-order valence-electron chi connectivity index (χ4n) is 5.13. The number of ether oxygens (including phenoxy) is 1. The average Bonchev–Trinajstić information content (AvgIpc) is 2.87. The summed E-state index contributed by atoms with van der Waals surface area (Å²) in [6.07, 6.45) is 41.0. The van der Waals surface area contributed by atoms with Crippen molar-refractivity contribution in [2.24, 2.45) is 0 Å². The molecule has 1 heteroatoms. The van der Waals surface area contributed by atoms with Gasteiger partial charge in [0.25, 0.3) is 0 Å². The van der Waals surface area contributed by atoms with Gasteiger partial charge in [-0.25, -0.2) is 0 Å². The van der Waals surface area contributed by atoms with Crippen LogP contribution in [0.2, 0.25) is 0 Å². The fourth-order valence-corrected chi connectivity index (χ4v) is 5.13. The van der Waals surface area contributed by atoms with Gasteiger partial charge in [0.2, 0.25) is 0 Å². The second-order valence-electron chi connectivity index (χ2n) is 11.3. The summed E-state index contributed by atoms with van der Waals surface area (Å²) in [5.74, 6) is 0. The predicted octanol–water partition coefficient (Wildman–Crippen LogP) is 12.5. The monoisotopic (exact) mass is 493 g/mol. The van der Waals surface area contributed by atoms with Crippen LogP contribution in [0.4, 0.5) is 0 Å². The van der Waals surface area contributed by atoms with E-state index in [-0.39, 0.29) is 0 Å². The van der Waals surface area contributed by atoms with Crippen LogP contribution in [0, 0.1) is 0 Å². The maximum atomic E-state index is 6.91. The zero-order valence-corrected chi connectivity index (χ0v) is 25.1. The third kappa shape index (κ3) is 26.6. The third-order valence-electron chi connectivity index (χ3n) is 7.56. The van der Waals surface area contributed by atoms with E-state index >= 15 is 0 Å². The largest absolute Gasteiger partial charge is 0.375 e. The van der Waals surface area contributed by atoms with Gasteiger partial charge in [0.05, 0.1) is 12.2 Å². The lowest BCUT2D eigenvalue weighted by molar-refractivity contribution is -0.0259. The van der Waals surface area contributed by atoms with Crippen LogP contribution >= 0.6 is 0 Å². The van der Waals surface area contributed by atoms with E-state index in [0.717, 1.165) is 6.42 Å². The van der Waals surface area contributed by atoms with Crippen molar-refractivity contribution in [2.75, 3.05) is 0 Å². The average molecular weight is 493 g/mol. The highest BCUT2D eigenvalue weighted by atomic mass is 16.5. The quantitative estimate of drug-likeness (QED) is 0.0745. The van der Waals surface area contributed by atoms with Gasteiger partial charge in [0.1, 0.15) is 0 Å². The topological polar surface area (TPSA) is 9.23 Å². The molecule has 0 bridgehead atoms. The third-order valence-corrected chi connectivity index (χ3v) is 7.56. The molecular formula is C34H68O.